The number of aryl methyl sites for hydroxylation is 1. The number of imidazole rings is 1. The van der Waals surface area contributed by atoms with E-state index in [1.807, 2.05) is 0 Å². The molecule has 0 atom stereocenters. The molecular formula is C16H18N6O3S. The lowest BCUT2D eigenvalue weighted by molar-refractivity contribution is 0.0725. The second kappa shape index (κ2) is 6.20. The lowest BCUT2D eigenvalue weighted by Crippen LogP contribution is -2.42. The van der Waals surface area contributed by atoms with E-state index in [9.17, 15) is 13.2 Å². The fourth-order valence-corrected chi connectivity index (χ4v) is 5.04. The summed E-state index contributed by atoms with van der Waals surface area (Å²) in [5.41, 5.74) is 2.17. The van der Waals surface area contributed by atoms with Crippen molar-refractivity contribution in [3.05, 3.63) is 36.4 Å². The number of fused-ring (bicyclic) bond motifs is 1. The Morgan fingerprint density at radius 1 is 1.27 bits per heavy atom. The first kappa shape index (κ1) is 16.7. The van der Waals surface area contributed by atoms with Gasteiger partial charge in [0.2, 0.25) is 15.0 Å². The molecule has 0 bridgehead atoms. The molecule has 1 saturated heterocycles. The Bertz CT molecular complexity index is 1060. The highest BCUT2D eigenvalue weighted by molar-refractivity contribution is 7.91. The van der Waals surface area contributed by atoms with Crippen LogP contribution >= 0.6 is 0 Å². The number of H-pyrrole nitrogens is 1. The Morgan fingerprint density at radius 3 is 2.73 bits per heavy atom. The maximum absolute atomic E-state index is 12.7. The van der Waals surface area contributed by atoms with Crippen LogP contribution in [-0.2, 0) is 16.9 Å². The number of hydrogen-bond donors (Lipinski definition) is 1. The highest BCUT2D eigenvalue weighted by Crippen LogP contribution is 2.24. The van der Waals surface area contributed by atoms with Crippen LogP contribution in [0.2, 0.25) is 0 Å². The zero-order valence-electron chi connectivity index (χ0n) is 14.2. The van der Waals surface area contributed by atoms with Gasteiger partial charge in [-0.25, -0.2) is 13.4 Å². The van der Waals surface area contributed by atoms with Gasteiger partial charge in [-0.05, 0) is 31.0 Å². The molecule has 3 heterocycles. The molecule has 3 aromatic rings. The van der Waals surface area contributed by atoms with Crippen LogP contribution in [0.5, 0.6) is 0 Å². The van der Waals surface area contributed by atoms with E-state index in [0.717, 1.165) is 11.0 Å². The maximum Gasteiger partial charge on any atom is 0.253 e. The number of rotatable bonds is 3. The predicted octanol–water partition coefficient (Wildman–Crippen LogP) is 0.770. The van der Waals surface area contributed by atoms with Gasteiger partial charge in [0.1, 0.15) is 6.33 Å². The van der Waals surface area contributed by atoms with Gasteiger partial charge < -0.3 is 14.5 Å². The molecule has 1 aliphatic heterocycles. The molecule has 9 nitrogen and oxygen atoms in total. The average molecular weight is 374 g/mol. The molecule has 0 spiro atoms. The summed E-state index contributed by atoms with van der Waals surface area (Å²) >= 11 is 0. The number of likely N-dealkylation sites (tertiary alicyclic amines) is 1. The zero-order chi connectivity index (χ0) is 18.3. The first-order chi connectivity index (χ1) is 12.5. The molecule has 2 aromatic heterocycles. The predicted molar refractivity (Wildman–Crippen MR) is 93.2 cm³/mol. The minimum Gasteiger partial charge on any atom is -0.345 e. The van der Waals surface area contributed by atoms with E-state index in [0.29, 0.717) is 31.5 Å². The van der Waals surface area contributed by atoms with Gasteiger partial charge in [0.25, 0.3) is 5.91 Å². The van der Waals surface area contributed by atoms with E-state index < -0.39 is 15.1 Å². The summed E-state index contributed by atoms with van der Waals surface area (Å²) in [4.78, 5) is 21.5. The van der Waals surface area contributed by atoms with E-state index in [4.69, 9.17) is 0 Å². The van der Waals surface area contributed by atoms with Crippen molar-refractivity contribution in [3.63, 3.8) is 0 Å². The monoisotopic (exact) mass is 374 g/mol. The largest absolute Gasteiger partial charge is 0.345 e. The van der Waals surface area contributed by atoms with Crippen molar-refractivity contribution in [2.75, 3.05) is 13.1 Å². The van der Waals surface area contributed by atoms with E-state index >= 15 is 0 Å². The second-order valence-electron chi connectivity index (χ2n) is 6.40. The number of nitrogens with zero attached hydrogens (tertiary/aromatic N) is 5. The van der Waals surface area contributed by atoms with Gasteiger partial charge in [0.05, 0.1) is 22.6 Å². The molecule has 0 aliphatic carbocycles. The normalized spacial score (nSPS) is 16.3. The third-order valence-electron chi connectivity index (χ3n) is 4.76. The molecular weight excluding hydrogens is 356 g/mol. The highest BCUT2D eigenvalue weighted by Gasteiger charge is 2.35. The van der Waals surface area contributed by atoms with Gasteiger partial charge in [-0.1, -0.05) is 0 Å². The molecule has 4 rings (SSSR count). The van der Waals surface area contributed by atoms with Crippen LogP contribution in [-0.4, -0.2) is 62.3 Å². The van der Waals surface area contributed by atoms with Crippen molar-refractivity contribution in [1.29, 1.82) is 0 Å². The van der Waals surface area contributed by atoms with Gasteiger partial charge in [-0.15, -0.1) is 10.2 Å². The number of piperidine rings is 1. The molecule has 0 radical (unpaired) electrons. The van der Waals surface area contributed by atoms with Crippen molar-refractivity contribution < 1.29 is 13.2 Å². The number of amides is 1. The summed E-state index contributed by atoms with van der Waals surface area (Å²) in [6.07, 6.45) is 3.72. The van der Waals surface area contributed by atoms with Crippen LogP contribution in [0.1, 0.15) is 23.2 Å². The summed E-state index contributed by atoms with van der Waals surface area (Å²) in [5, 5.41) is 6.80. The smallest absolute Gasteiger partial charge is 0.253 e. The zero-order valence-corrected chi connectivity index (χ0v) is 15.0. The third kappa shape index (κ3) is 2.75. The van der Waals surface area contributed by atoms with E-state index in [2.05, 4.69) is 20.2 Å². The summed E-state index contributed by atoms with van der Waals surface area (Å²) < 4.78 is 26.8. The lowest BCUT2D eigenvalue weighted by Gasteiger charge is -2.31. The average Bonchev–Trinajstić information content (AvgIpc) is 3.29. The molecule has 136 valence electrons. The Balaban J connectivity index is 1.48. The topological polar surface area (TPSA) is 114 Å². The number of carbonyl (C=O) groups is 1. The number of carbonyl (C=O) groups excluding carboxylic acids is 1. The minimum atomic E-state index is -3.55. The third-order valence-corrected chi connectivity index (χ3v) is 6.99. The molecule has 26 heavy (non-hydrogen) atoms. The number of sulfone groups is 1. The van der Waals surface area contributed by atoms with Gasteiger partial charge in [0.15, 0.2) is 0 Å². The first-order valence-electron chi connectivity index (χ1n) is 8.27. The molecule has 1 aliphatic rings. The van der Waals surface area contributed by atoms with Crippen molar-refractivity contribution in [2.45, 2.75) is 23.2 Å². The van der Waals surface area contributed by atoms with Crippen LogP contribution in [0.4, 0.5) is 0 Å². The van der Waals surface area contributed by atoms with Crippen LogP contribution in [0.25, 0.3) is 11.0 Å². The lowest BCUT2D eigenvalue weighted by atomic mass is 10.1. The Kier molecular flexibility index (Phi) is 3.98. The number of aromatic nitrogens is 5. The highest BCUT2D eigenvalue weighted by atomic mass is 32.2. The SMILES string of the molecule is Cn1cnnc1S(=O)(=O)C1CCN(C(=O)c2ccc3nc[nH]c3c2)CC1. The minimum absolute atomic E-state index is 0.0213. The molecule has 0 saturated carbocycles. The van der Waals surface area contributed by atoms with E-state index in [1.54, 1.807) is 36.5 Å². The van der Waals surface area contributed by atoms with Crippen LogP contribution in [0, 0.1) is 0 Å². The maximum atomic E-state index is 12.7. The van der Waals surface area contributed by atoms with Crippen molar-refractivity contribution >= 4 is 26.8 Å². The standard InChI is InChI=1S/C16H18N6O3S/c1-21-10-19-20-16(21)26(24,25)12-4-6-22(7-5-12)15(23)11-2-3-13-14(8-11)18-9-17-13/h2-3,8-10,12H,4-7H2,1H3,(H,17,18). The van der Waals surface area contributed by atoms with E-state index in [-0.39, 0.29) is 11.1 Å². The fraction of sp³-hybridized carbons (Fsp3) is 0.375. The molecule has 1 amide bonds. The van der Waals surface area contributed by atoms with Crippen LogP contribution < -0.4 is 0 Å². The number of hydrogen-bond acceptors (Lipinski definition) is 6. The van der Waals surface area contributed by atoms with Gasteiger partial charge in [-0.3, -0.25) is 4.79 Å². The number of nitrogens with one attached hydrogen (secondary N) is 1. The second-order valence-corrected chi connectivity index (χ2v) is 8.52. The van der Waals surface area contributed by atoms with Gasteiger partial charge in [-0.2, -0.15) is 0 Å². The number of benzene rings is 1. The van der Waals surface area contributed by atoms with Crippen molar-refractivity contribution in [2.24, 2.45) is 7.05 Å². The van der Waals surface area contributed by atoms with Crippen LogP contribution in [0.15, 0.2) is 36.0 Å². The number of aromatic amines is 1. The molecule has 0 unspecified atom stereocenters. The summed E-state index contributed by atoms with van der Waals surface area (Å²) in [6, 6.07) is 5.31. The molecule has 10 heteroatoms. The molecule has 1 aromatic carbocycles. The van der Waals surface area contributed by atoms with Crippen molar-refractivity contribution in [1.82, 2.24) is 29.6 Å². The van der Waals surface area contributed by atoms with E-state index in [1.165, 1.54) is 10.9 Å². The Hall–Kier alpha value is -2.75. The first-order valence-corrected chi connectivity index (χ1v) is 9.82. The van der Waals surface area contributed by atoms with Gasteiger partial charge in [0, 0.05) is 25.7 Å². The Morgan fingerprint density at radius 2 is 2.04 bits per heavy atom. The van der Waals surface area contributed by atoms with Gasteiger partial charge >= 0.3 is 0 Å². The summed E-state index contributed by atoms with van der Waals surface area (Å²) in [6.45, 7) is 0.781. The molecule has 1 N–H and O–H groups in total. The Labute approximate surface area is 150 Å². The quantitative estimate of drug-likeness (QED) is 0.724. The molecule has 1 fully saturated rings. The summed E-state index contributed by atoms with van der Waals surface area (Å²) in [5.74, 6) is -0.101. The van der Waals surface area contributed by atoms with Crippen molar-refractivity contribution in [3.8, 4) is 0 Å². The van der Waals surface area contributed by atoms with Crippen LogP contribution in [0.3, 0.4) is 0 Å². The fourth-order valence-electron chi connectivity index (χ4n) is 3.30. The summed E-state index contributed by atoms with van der Waals surface area (Å²) in [7, 11) is -1.94.